The standard InChI is InChI=1S/C30H28N10/c1-3-31-28-34-29(32-22-14-16-25(17-15-22)39-37-23-10-6-4-7-11-23)36-30(35-28)33-27-19-18-26(20-21(27)2)40-38-24-12-8-5-9-13-24/h4-20H,3H2,1-2H3,(H3,31,32,33,34,35,36). The number of nitrogens with zero attached hydrogens (tertiary/aromatic N) is 7. The molecule has 40 heavy (non-hydrogen) atoms. The third kappa shape index (κ3) is 7.29. The first-order valence-electron chi connectivity index (χ1n) is 12.8. The lowest BCUT2D eigenvalue weighted by Crippen LogP contribution is -2.09. The van der Waals surface area contributed by atoms with Crippen molar-refractivity contribution in [2.24, 2.45) is 20.5 Å². The summed E-state index contributed by atoms with van der Waals surface area (Å²) in [6.07, 6.45) is 0. The van der Waals surface area contributed by atoms with Crippen LogP contribution in [0.2, 0.25) is 0 Å². The molecule has 0 aliphatic heterocycles. The van der Waals surface area contributed by atoms with Gasteiger partial charge in [-0.3, -0.25) is 0 Å². The molecule has 5 rings (SSSR count). The number of hydrogen-bond acceptors (Lipinski definition) is 10. The highest BCUT2D eigenvalue weighted by Crippen LogP contribution is 2.27. The first-order chi connectivity index (χ1) is 19.6. The normalized spacial score (nSPS) is 11.2. The van der Waals surface area contributed by atoms with Crippen molar-refractivity contribution in [1.82, 2.24) is 15.0 Å². The van der Waals surface area contributed by atoms with Crippen LogP contribution in [0.1, 0.15) is 12.5 Å². The van der Waals surface area contributed by atoms with E-state index in [1.165, 1.54) is 0 Å². The monoisotopic (exact) mass is 528 g/mol. The van der Waals surface area contributed by atoms with Crippen LogP contribution in [0.4, 0.5) is 52.0 Å². The van der Waals surface area contributed by atoms with Crippen LogP contribution < -0.4 is 16.0 Å². The maximum absolute atomic E-state index is 4.58. The van der Waals surface area contributed by atoms with Gasteiger partial charge in [-0.25, -0.2) is 0 Å². The van der Waals surface area contributed by atoms with Crippen molar-refractivity contribution in [3.8, 4) is 0 Å². The van der Waals surface area contributed by atoms with Gasteiger partial charge in [-0.05, 0) is 86.1 Å². The molecular formula is C30H28N10. The van der Waals surface area contributed by atoms with Gasteiger partial charge in [-0.2, -0.15) is 35.4 Å². The van der Waals surface area contributed by atoms with Gasteiger partial charge in [-0.1, -0.05) is 36.4 Å². The number of aryl methyl sites for hydroxylation is 1. The molecule has 198 valence electrons. The number of rotatable bonds is 10. The minimum absolute atomic E-state index is 0.401. The van der Waals surface area contributed by atoms with Gasteiger partial charge in [0.2, 0.25) is 17.8 Å². The maximum Gasteiger partial charge on any atom is 0.233 e. The average molecular weight is 529 g/mol. The summed E-state index contributed by atoms with van der Waals surface area (Å²) in [5, 5.41) is 26.9. The smallest absolute Gasteiger partial charge is 0.233 e. The number of anilines is 5. The second-order valence-corrected chi connectivity index (χ2v) is 8.70. The zero-order chi connectivity index (χ0) is 27.6. The van der Waals surface area contributed by atoms with Gasteiger partial charge in [-0.15, -0.1) is 0 Å². The van der Waals surface area contributed by atoms with Crippen molar-refractivity contribution >= 4 is 52.0 Å². The number of aromatic nitrogens is 3. The van der Waals surface area contributed by atoms with E-state index in [0.717, 1.165) is 39.7 Å². The van der Waals surface area contributed by atoms with Gasteiger partial charge in [0.15, 0.2) is 0 Å². The lowest BCUT2D eigenvalue weighted by atomic mass is 10.2. The van der Waals surface area contributed by atoms with E-state index in [2.05, 4.69) is 51.4 Å². The van der Waals surface area contributed by atoms with Crippen molar-refractivity contribution in [2.45, 2.75) is 13.8 Å². The van der Waals surface area contributed by atoms with Crippen LogP contribution in [0.25, 0.3) is 0 Å². The molecule has 10 heteroatoms. The Hall–Kier alpha value is -5.51. The highest BCUT2D eigenvalue weighted by Gasteiger charge is 2.09. The van der Waals surface area contributed by atoms with Gasteiger partial charge in [0.05, 0.1) is 22.7 Å². The van der Waals surface area contributed by atoms with E-state index in [9.17, 15) is 0 Å². The van der Waals surface area contributed by atoms with Crippen LogP contribution in [-0.2, 0) is 0 Å². The third-order valence-corrected chi connectivity index (χ3v) is 5.62. The zero-order valence-electron chi connectivity index (χ0n) is 22.2. The van der Waals surface area contributed by atoms with Crippen LogP contribution in [-0.4, -0.2) is 21.5 Å². The predicted octanol–water partition coefficient (Wildman–Crippen LogP) is 8.93. The van der Waals surface area contributed by atoms with Crippen molar-refractivity contribution in [2.75, 3.05) is 22.5 Å². The topological polar surface area (TPSA) is 124 Å². The summed E-state index contributed by atoms with van der Waals surface area (Å²) >= 11 is 0. The molecule has 4 aromatic carbocycles. The Bertz CT molecular complexity index is 1600. The largest absolute Gasteiger partial charge is 0.354 e. The molecule has 0 aliphatic carbocycles. The molecule has 0 fully saturated rings. The Morgan fingerprint density at radius 3 is 1.62 bits per heavy atom. The highest BCUT2D eigenvalue weighted by molar-refractivity contribution is 5.64. The summed E-state index contributed by atoms with van der Waals surface area (Å²) in [7, 11) is 0. The Morgan fingerprint density at radius 1 is 0.550 bits per heavy atom. The lowest BCUT2D eigenvalue weighted by molar-refractivity contribution is 1.03. The quantitative estimate of drug-likeness (QED) is 0.155. The van der Waals surface area contributed by atoms with Crippen LogP contribution in [0, 0.1) is 6.92 Å². The molecule has 1 aromatic heterocycles. The van der Waals surface area contributed by atoms with Crippen molar-refractivity contribution < 1.29 is 0 Å². The molecule has 0 radical (unpaired) electrons. The van der Waals surface area contributed by atoms with Gasteiger partial charge in [0, 0.05) is 17.9 Å². The summed E-state index contributed by atoms with van der Waals surface area (Å²) in [5.74, 6) is 1.27. The molecule has 0 amide bonds. The maximum atomic E-state index is 4.58. The fraction of sp³-hybridized carbons (Fsp3) is 0.100. The Kier molecular flexibility index (Phi) is 8.38. The van der Waals surface area contributed by atoms with Crippen LogP contribution in [0.3, 0.4) is 0 Å². The molecular weight excluding hydrogens is 500 g/mol. The van der Waals surface area contributed by atoms with Crippen molar-refractivity contribution in [3.63, 3.8) is 0 Å². The van der Waals surface area contributed by atoms with Gasteiger partial charge in [0.1, 0.15) is 0 Å². The minimum atomic E-state index is 0.401. The van der Waals surface area contributed by atoms with Gasteiger partial charge in [0.25, 0.3) is 0 Å². The molecule has 1 heterocycles. The summed E-state index contributed by atoms with van der Waals surface area (Å²) < 4.78 is 0. The first-order valence-corrected chi connectivity index (χ1v) is 12.8. The Labute approximate surface area is 232 Å². The first kappa shape index (κ1) is 26.1. The van der Waals surface area contributed by atoms with Gasteiger partial charge >= 0.3 is 0 Å². The summed E-state index contributed by atoms with van der Waals surface area (Å²) in [6, 6.07) is 32.6. The number of nitrogens with one attached hydrogen (secondary N) is 3. The molecule has 0 bridgehead atoms. The molecule has 0 aliphatic rings. The number of azo groups is 2. The van der Waals surface area contributed by atoms with E-state index < -0.39 is 0 Å². The second kappa shape index (κ2) is 12.8. The molecule has 0 saturated heterocycles. The number of benzene rings is 4. The van der Waals surface area contributed by atoms with E-state index in [1.807, 2.05) is 117 Å². The fourth-order valence-electron chi connectivity index (χ4n) is 3.66. The van der Waals surface area contributed by atoms with E-state index in [-0.39, 0.29) is 0 Å². The highest BCUT2D eigenvalue weighted by atomic mass is 15.3. The third-order valence-electron chi connectivity index (χ3n) is 5.62. The average Bonchev–Trinajstić information content (AvgIpc) is 2.98. The molecule has 0 saturated carbocycles. The van der Waals surface area contributed by atoms with E-state index in [0.29, 0.717) is 24.4 Å². The Morgan fingerprint density at radius 2 is 1.05 bits per heavy atom. The summed E-state index contributed by atoms with van der Waals surface area (Å²) in [5.41, 5.74) is 5.73. The molecule has 5 aromatic rings. The van der Waals surface area contributed by atoms with Crippen LogP contribution >= 0.6 is 0 Å². The second-order valence-electron chi connectivity index (χ2n) is 8.70. The molecule has 0 unspecified atom stereocenters. The van der Waals surface area contributed by atoms with Gasteiger partial charge < -0.3 is 16.0 Å². The van der Waals surface area contributed by atoms with Crippen LogP contribution in [0.5, 0.6) is 0 Å². The molecule has 3 N–H and O–H groups in total. The molecule has 0 atom stereocenters. The van der Waals surface area contributed by atoms with Crippen molar-refractivity contribution in [1.29, 1.82) is 0 Å². The minimum Gasteiger partial charge on any atom is -0.354 e. The van der Waals surface area contributed by atoms with E-state index in [4.69, 9.17) is 0 Å². The molecule has 0 spiro atoms. The lowest BCUT2D eigenvalue weighted by Gasteiger charge is -2.12. The fourth-order valence-corrected chi connectivity index (χ4v) is 3.66. The van der Waals surface area contributed by atoms with E-state index >= 15 is 0 Å². The molecule has 10 nitrogen and oxygen atoms in total. The van der Waals surface area contributed by atoms with E-state index in [1.54, 1.807) is 0 Å². The Balaban J connectivity index is 1.29. The summed E-state index contributed by atoms with van der Waals surface area (Å²) in [4.78, 5) is 13.6. The van der Waals surface area contributed by atoms with Crippen LogP contribution in [0.15, 0.2) is 124 Å². The predicted molar refractivity (Wildman–Crippen MR) is 159 cm³/mol. The summed E-state index contributed by atoms with van der Waals surface area (Å²) in [6.45, 7) is 4.65. The van der Waals surface area contributed by atoms with Crippen molar-refractivity contribution in [3.05, 3.63) is 109 Å². The SMILES string of the molecule is CCNc1nc(Nc2ccc(N=Nc3ccccc3)cc2)nc(Nc2ccc(N=Nc3ccccc3)cc2C)n1. The number of hydrogen-bond donors (Lipinski definition) is 3. The zero-order valence-corrected chi connectivity index (χ0v) is 22.2.